The number of allylic oxidation sites excluding steroid dienone is 7. The van der Waals surface area contributed by atoms with Crippen molar-refractivity contribution in [3.8, 4) is 0 Å². The average Bonchev–Trinajstić information content (AvgIpc) is 3.13. The van der Waals surface area contributed by atoms with Crippen LogP contribution in [-0.4, -0.2) is 0 Å². The van der Waals surface area contributed by atoms with Crippen LogP contribution in [0.25, 0.3) is 0 Å². The van der Waals surface area contributed by atoms with E-state index < -0.39 is 0 Å². The Bertz CT molecular complexity index is 476. The second-order valence-electron chi connectivity index (χ2n) is 4.20. The fourth-order valence-corrected chi connectivity index (χ4v) is 2.28. The molecule has 0 saturated carbocycles. The molecule has 2 aliphatic carbocycles. The molecule has 100 valence electrons. The Hall–Kier alpha value is -1.08. The molecule has 1 aromatic carbocycles. The van der Waals surface area contributed by atoms with Crippen LogP contribution in [0.3, 0.4) is 0 Å². The predicted molar refractivity (Wildman–Crippen MR) is 74.1 cm³/mol. The van der Waals surface area contributed by atoms with Gasteiger partial charge in [0, 0.05) is 5.03 Å². The Labute approximate surface area is 129 Å². The van der Waals surface area contributed by atoms with Gasteiger partial charge in [-0.05, 0) is 30.4 Å². The zero-order valence-electron chi connectivity index (χ0n) is 10.5. The van der Waals surface area contributed by atoms with Gasteiger partial charge in [0.15, 0.2) is 0 Å². The van der Waals surface area contributed by atoms with Crippen LogP contribution in [0, 0.1) is 0 Å². The minimum atomic E-state index is 0. The van der Waals surface area contributed by atoms with Crippen LogP contribution in [0.4, 0.5) is 0 Å². The first-order chi connectivity index (χ1) is 8.79. The van der Waals surface area contributed by atoms with Gasteiger partial charge in [-0.25, -0.2) is 12.1 Å². The zero-order valence-corrected chi connectivity index (χ0v) is 12.3. The monoisotopic (exact) mass is 314 g/mol. The standard InChI is InChI=1S/C11H11ClO.C5H5.Fe/c12-10-7-3-6-9(10)11(13)8-4-1-2-5-8;1-2-4-5-3-1;/h1-2,4-5,13H,3,6-7H2;1-5H;/q;-1;+2/p-1. The van der Waals surface area contributed by atoms with Gasteiger partial charge in [-0.1, -0.05) is 41.7 Å². The largest absolute Gasteiger partial charge is 2.00 e. The fourth-order valence-electron chi connectivity index (χ4n) is 1.96. The van der Waals surface area contributed by atoms with Crippen molar-refractivity contribution in [2.24, 2.45) is 0 Å². The van der Waals surface area contributed by atoms with E-state index in [2.05, 4.69) is 0 Å². The number of hydrogen-bond donors (Lipinski definition) is 0. The molecular formula is C16H15ClFeO. The Morgan fingerprint density at radius 1 is 1.11 bits per heavy atom. The van der Waals surface area contributed by atoms with Gasteiger partial charge in [0.2, 0.25) is 0 Å². The molecule has 0 aromatic heterocycles. The van der Waals surface area contributed by atoms with Crippen LogP contribution in [0.5, 0.6) is 0 Å². The van der Waals surface area contributed by atoms with Gasteiger partial charge in [0.1, 0.15) is 0 Å². The molecule has 0 aliphatic heterocycles. The third-order valence-electron chi connectivity index (χ3n) is 2.91. The van der Waals surface area contributed by atoms with Crippen molar-refractivity contribution in [3.05, 3.63) is 76.6 Å². The average molecular weight is 315 g/mol. The van der Waals surface area contributed by atoms with Crippen LogP contribution in [-0.2, 0) is 17.1 Å². The Balaban J connectivity index is 0.000000256. The van der Waals surface area contributed by atoms with E-state index in [0.29, 0.717) is 0 Å². The number of rotatable bonds is 1. The molecule has 0 fully saturated rings. The number of halogens is 1. The molecule has 1 nitrogen and oxygen atoms in total. The van der Waals surface area contributed by atoms with Gasteiger partial charge in [-0.15, -0.1) is 0 Å². The maximum Gasteiger partial charge on any atom is 2.00 e. The summed E-state index contributed by atoms with van der Waals surface area (Å²) in [6.07, 6.45) is 10.1. The smallest absolute Gasteiger partial charge is 0.872 e. The molecule has 3 rings (SSSR count). The quantitative estimate of drug-likeness (QED) is 0.439. The molecule has 3 heteroatoms. The van der Waals surface area contributed by atoms with Gasteiger partial charge in [0.25, 0.3) is 0 Å². The van der Waals surface area contributed by atoms with Crippen LogP contribution < -0.4 is 5.11 Å². The maximum atomic E-state index is 11.8. The molecule has 0 N–H and O–H groups in total. The van der Waals surface area contributed by atoms with E-state index in [4.69, 9.17) is 11.6 Å². The third kappa shape index (κ3) is 4.50. The van der Waals surface area contributed by atoms with E-state index in [1.807, 2.05) is 54.6 Å². The van der Waals surface area contributed by atoms with Crippen molar-refractivity contribution >= 4 is 11.6 Å². The van der Waals surface area contributed by atoms with Crippen molar-refractivity contribution in [2.45, 2.75) is 19.3 Å². The maximum absolute atomic E-state index is 11.8. The molecule has 2 aliphatic rings. The molecule has 0 spiro atoms. The van der Waals surface area contributed by atoms with Crippen molar-refractivity contribution in [2.75, 3.05) is 0 Å². The van der Waals surface area contributed by atoms with E-state index in [9.17, 15) is 5.11 Å². The van der Waals surface area contributed by atoms with Gasteiger partial charge in [-0.2, -0.15) is 18.2 Å². The van der Waals surface area contributed by atoms with E-state index in [1.54, 1.807) is 0 Å². The van der Waals surface area contributed by atoms with Crippen LogP contribution >= 0.6 is 11.6 Å². The predicted octanol–water partition coefficient (Wildman–Crippen LogP) is 3.81. The van der Waals surface area contributed by atoms with Crippen molar-refractivity contribution in [1.82, 2.24) is 0 Å². The first kappa shape index (κ1) is 16.0. The Morgan fingerprint density at radius 3 is 2.16 bits per heavy atom. The summed E-state index contributed by atoms with van der Waals surface area (Å²) in [6, 6.07) is 10.0. The summed E-state index contributed by atoms with van der Waals surface area (Å²) in [4.78, 5) is 0. The SMILES string of the molecule is [Fe+2].[O-]C(=C1C=CC=C1)C1=C(Cl)CCC1.c1cc[cH-]c1. The summed E-state index contributed by atoms with van der Waals surface area (Å²) in [5.74, 6) is 0.104. The molecule has 0 unspecified atom stereocenters. The molecule has 0 amide bonds. The molecule has 0 radical (unpaired) electrons. The van der Waals surface area contributed by atoms with Crippen LogP contribution in [0.2, 0.25) is 0 Å². The topological polar surface area (TPSA) is 23.1 Å². The summed E-state index contributed by atoms with van der Waals surface area (Å²) in [6.45, 7) is 0. The summed E-state index contributed by atoms with van der Waals surface area (Å²) in [7, 11) is 0. The minimum Gasteiger partial charge on any atom is -0.872 e. The molecule has 0 saturated heterocycles. The summed E-state index contributed by atoms with van der Waals surface area (Å²) in [5.41, 5.74) is 1.57. The van der Waals surface area contributed by atoms with E-state index in [1.165, 1.54) is 0 Å². The van der Waals surface area contributed by atoms with Gasteiger partial charge < -0.3 is 5.11 Å². The molecule has 0 bridgehead atoms. The minimum absolute atomic E-state index is 0. The van der Waals surface area contributed by atoms with Gasteiger partial charge in [-0.3, -0.25) is 0 Å². The molecule has 0 atom stereocenters. The first-order valence-electron chi connectivity index (χ1n) is 6.09. The van der Waals surface area contributed by atoms with Gasteiger partial charge in [0.05, 0.1) is 0 Å². The van der Waals surface area contributed by atoms with Crippen LogP contribution in [0.1, 0.15) is 19.3 Å². The normalized spacial score (nSPS) is 16.2. The summed E-state index contributed by atoms with van der Waals surface area (Å²) < 4.78 is 0. The summed E-state index contributed by atoms with van der Waals surface area (Å²) >= 11 is 5.95. The van der Waals surface area contributed by atoms with Crippen molar-refractivity contribution < 1.29 is 22.2 Å². The second kappa shape index (κ2) is 8.16. The van der Waals surface area contributed by atoms with Crippen LogP contribution in [0.15, 0.2) is 76.6 Å². The third-order valence-corrected chi connectivity index (χ3v) is 3.32. The molecular weight excluding hydrogens is 299 g/mol. The Morgan fingerprint density at radius 2 is 1.74 bits per heavy atom. The fraction of sp³-hybridized carbons (Fsp3) is 0.188. The molecule has 1 aromatic rings. The first-order valence-corrected chi connectivity index (χ1v) is 6.47. The van der Waals surface area contributed by atoms with Crippen molar-refractivity contribution in [1.29, 1.82) is 0 Å². The van der Waals surface area contributed by atoms with E-state index in [0.717, 1.165) is 35.4 Å². The molecule has 19 heavy (non-hydrogen) atoms. The molecule has 0 heterocycles. The van der Waals surface area contributed by atoms with Crippen molar-refractivity contribution in [3.63, 3.8) is 0 Å². The number of hydrogen-bond acceptors (Lipinski definition) is 1. The second-order valence-corrected chi connectivity index (χ2v) is 4.66. The Kier molecular flexibility index (Phi) is 6.86. The zero-order chi connectivity index (χ0) is 12.8. The summed E-state index contributed by atoms with van der Waals surface area (Å²) in [5, 5.41) is 12.5. The van der Waals surface area contributed by atoms with E-state index in [-0.39, 0.29) is 22.8 Å². The van der Waals surface area contributed by atoms with Gasteiger partial charge >= 0.3 is 17.1 Å². The van der Waals surface area contributed by atoms with E-state index >= 15 is 0 Å².